The Hall–Kier alpha value is -2.14. The highest BCUT2D eigenvalue weighted by Crippen LogP contribution is 2.11. The molecule has 1 heterocycles. The number of nitrogens with zero attached hydrogens (tertiary/aromatic N) is 1. The molecule has 0 saturated heterocycles. The van der Waals surface area contributed by atoms with Gasteiger partial charge in [-0.1, -0.05) is 18.2 Å². The van der Waals surface area contributed by atoms with Crippen molar-refractivity contribution in [3.8, 4) is 0 Å². The third-order valence-corrected chi connectivity index (χ3v) is 2.83. The number of fused-ring (bicyclic) bond motifs is 1. The first-order valence-corrected chi connectivity index (χ1v) is 5.46. The molecule has 5 heteroatoms. The highest BCUT2D eigenvalue weighted by molar-refractivity contribution is 5.81. The third kappa shape index (κ3) is 2.12. The summed E-state index contributed by atoms with van der Waals surface area (Å²) >= 11 is 0. The number of carboxylic acids is 1. The molecular formula is C13H13NO4. The zero-order chi connectivity index (χ0) is 13.3. The van der Waals surface area contributed by atoms with Gasteiger partial charge in [-0.05, 0) is 24.4 Å². The molecule has 0 aliphatic heterocycles. The minimum atomic E-state index is -1.97. The number of aromatic nitrogens is 1. The minimum absolute atomic E-state index is 0.286. The average molecular weight is 247 g/mol. The molecule has 0 spiro atoms. The van der Waals surface area contributed by atoms with E-state index >= 15 is 0 Å². The van der Waals surface area contributed by atoms with Gasteiger partial charge in [-0.3, -0.25) is 4.79 Å². The summed E-state index contributed by atoms with van der Waals surface area (Å²) in [6, 6.07) is 8.75. The first kappa shape index (κ1) is 12.3. The second-order valence-electron chi connectivity index (χ2n) is 4.42. The van der Waals surface area contributed by atoms with Crippen molar-refractivity contribution in [2.24, 2.45) is 0 Å². The third-order valence-electron chi connectivity index (χ3n) is 2.83. The number of aliphatic carboxylic acids is 1. The quantitative estimate of drug-likeness (QED) is 0.842. The van der Waals surface area contributed by atoms with Crippen molar-refractivity contribution in [3.05, 3.63) is 46.9 Å². The Bertz CT molecular complexity index is 657. The van der Waals surface area contributed by atoms with Crippen LogP contribution in [0.1, 0.15) is 6.92 Å². The van der Waals surface area contributed by atoms with E-state index < -0.39 is 11.6 Å². The van der Waals surface area contributed by atoms with Gasteiger partial charge in [0.1, 0.15) is 0 Å². The Morgan fingerprint density at radius 2 is 2.00 bits per heavy atom. The van der Waals surface area contributed by atoms with Crippen molar-refractivity contribution in [1.82, 2.24) is 4.57 Å². The predicted octanol–water partition coefficient (Wildman–Crippen LogP) is 0.837. The van der Waals surface area contributed by atoms with Gasteiger partial charge in [0.2, 0.25) is 0 Å². The molecule has 0 aliphatic carbocycles. The number of carbonyl (C=O) groups is 1. The van der Waals surface area contributed by atoms with E-state index in [4.69, 9.17) is 5.11 Å². The van der Waals surface area contributed by atoms with Crippen molar-refractivity contribution in [2.75, 3.05) is 0 Å². The van der Waals surface area contributed by atoms with Crippen LogP contribution in [0.3, 0.4) is 0 Å². The lowest BCUT2D eigenvalue weighted by Gasteiger charge is -2.19. The zero-order valence-corrected chi connectivity index (χ0v) is 9.83. The van der Waals surface area contributed by atoms with Crippen molar-refractivity contribution in [1.29, 1.82) is 0 Å². The van der Waals surface area contributed by atoms with E-state index in [1.165, 1.54) is 10.8 Å². The van der Waals surface area contributed by atoms with Crippen LogP contribution in [-0.4, -0.2) is 26.4 Å². The van der Waals surface area contributed by atoms with Gasteiger partial charge in [0.05, 0.1) is 6.54 Å². The number of pyridine rings is 1. The number of rotatable bonds is 3. The van der Waals surface area contributed by atoms with Crippen LogP contribution in [0.2, 0.25) is 0 Å². The van der Waals surface area contributed by atoms with E-state index in [-0.39, 0.29) is 12.1 Å². The van der Waals surface area contributed by atoms with E-state index in [0.29, 0.717) is 5.39 Å². The van der Waals surface area contributed by atoms with Gasteiger partial charge in [0, 0.05) is 11.6 Å². The molecule has 18 heavy (non-hydrogen) atoms. The standard InChI is InChI=1S/C13H13NO4/c1-13(18,12(16)17)8-14-7-6-9-4-2-3-5-10(9)11(14)15/h2-7,18H,8H2,1H3,(H,16,17). The fraction of sp³-hybridized carbons (Fsp3) is 0.231. The highest BCUT2D eigenvalue weighted by atomic mass is 16.4. The van der Waals surface area contributed by atoms with Crippen LogP contribution in [-0.2, 0) is 11.3 Å². The van der Waals surface area contributed by atoms with E-state index in [9.17, 15) is 14.7 Å². The number of hydrogen-bond acceptors (Lipinski definition) is 3. The largest absolute Gasteiger partial charge is 0.479 e. The predicted molar refractivity (Wildman–Crippen MR) is 66.5 cm³/mol. The molecule has 0 bridgehead atoms. The summed E-state index contributed by atoms with van der Waals surface area (Å²) in [5.74, 6) is -1.36. The van der Waals surface area contributed by atoms with Crippen LogP contribution in [0.5, 0.6) is 0 Å². The molecule has 0 aliphatic rings. The molecular weight excluding hydrogens is 234 g/mol. The summed E-state index contributed by atoms with van der Waals surface area (Å²) in [5.41, 5.74) is -2.28. The van der Waals surface area contributed by atoms with Gasteiger partial charge in [-0.15, -0.1) is 0 Å². The Kier molecular flexibility index (Phi) is 2.92. The second kappa shape index (κ2) is 4.27. The van der Waals surface area contributed by atoms with Crippen LogP contribution in [0.4, 0.5) is 0 Å². The molecule has 94 valence electrons. The molecule has 2 rings (SSSR count). The van der Waals surface area contributed by atoms with E-state index in [1.807, 2.05) is 6.07 Å². The van der Waals surface area contributed by atoms with Gasteiger partial charge in [-0.2, -0.15) is 0 Å². The minimum Gasteiger partial charge on any atom is -0.479 e. The maximum Gasteiger partial charge on any atom is 0.337 e. The van der Waals surface area contributed by atoms with Crippen molar-refractivity contribution in [3.63, 3.8) is 0 Å². The summed E-state index contributed by atoms with van der Waals surface area (Å²) in [4.78, 5) is 22.9. The van der Waals surface area contributed by atoms with Crippen LogP contribution >= 0.6 is 0 Å². The van der Waals surface area contributed by atoms with Crippen molar-refractivity contribution >= 4 is 16.7 Å². The van der Waals surface area contributed by atoms with Gasteiger partial charge >= 0.3 is 5.97 Å². The molecule has 2 aromatic rings. The smallest absolute Gasteiger partial charge is 0.337 e. The lowest BCUT2D eigenvalue weighted by atomic mass is 10.1. The molecule has 2 N–H and O–H groups in total. The van der Waals surface area contributed by atoms with Crippen molar-refractivity contribution < 1.29 is 15.0 Å². The van der Waals surface area contributed by atoms with E-state index in [1.54, 1.807) is 24.3 Å². The van der Waals surface area contributed by atoms with Crippen LogP contribution in [0, 0.1) is 0 Å². The molecule has 1 aromatic heterocycles. The summed E-state index contributed by atoms with van der Waals surface area (Å²) < 4.78 is 1.20. The van der Waals surface area contributed by atoms with E-state index in [2.05, 4.69) is 0 Å². The van der Waals surface area contributed by atoms with Crippen LogP contribution < -0.4 is 5.56 Å². The summed E-state index contributed by atoms with van der Waals surface area (Å²) in [5, 5.41) is 19.8. The van der Waals surface area contributed by atoms with Gasteiger partial charge in [0.15, 0.2) is 5.60 Å². The van der Waals surface area contributed by atoms with Gasteiger partial charge < -0.3 is 14.8 Å². The Balaban J connectivity index is 2.51. The molecule has 1 atom stereocenters. The summed E-state index contributed by atoms with van der Waals surface area (Å²) in [6.45, 7) is 0.878. The number of hydrogen-bond donors (Lipinski definition) is 2. The van der Waals surface area contributed by atoms with Crippen LogP contribution in [0.25, 0.3) is 10.8 Å². The molecule has 1 unspecified atom stereocenters. The summed E-state index contributed by atoms with van der Waals surface area (Å²) in [7, 11) is 0. The topological polar surface area (TPSA) is 79.5 Å². The first-order valence-electron chi connectivity index (χ1n) is 5.46. The number of benzene rings is 1. The maximum atomic E-state index is 12.1. The number of carboxylic acid groups (broad SMARTS) is 1. The van der Waals surface area contributed by atoms with Crippen LogP contribution in [0.15, 0.2) is 41.3 Å². The summed E-state index contributed by atoms with van der Waals surface area (Å²) in [6.07, 6.45) is 1.49. The monoisotopic (exact) mass is 247 g/mol. The molecule has 1 aromatic carbocycles. The second-order valence-corrected chi connectivity index (χ2v) is 4.42. The van der Waals surface area contributed by atoms with E-state index in [0.717, 1.165) is 12.3 Å². The molecule has 5 nitrogen and oxygen atoms in total. The molecule has 0 fully saturated rings. The fourth-order valence-corrected chi connectivity index (χ4v) is 1.75. The average Bonchev–Trinajstić information content (AvgIpc) is 2.33. The maximum absolute atomic E-state index is 12.1. The fourth-order valence-electron chi connectivity index (χ4n) is 1.75. The zero-order valence-electron chi connectivity index (χ0n) is 9.83. The number of aliphatic hydroxyl groups is 1. The lowest BCUT2D eigenvalue weighted by molar-refractivity contribution is -0.157. The first-order chi connectivity index (χ1) is 8.42. The van der Waals surface area contributed by atoms with Gasteiger partial charge in [0.25, 0.3) is 5.56 Å². The van der Waals surface area contributed by atoms with Crippen molar-refractivity contribution in [2.45, 2.75) is 19.1 Å². The van der Waals surface area contributed by atoms with Gasteiger partial charge in [-0.25, -0.2) is 4.79 Å². The Morgan fingerprint density at radius 1 is 1.33 bits per heavy atom. The highest BCUT2D eigenvalue weighted by Gasteiger charge is 2.30. The molecule has 0 saturated carbocycles. The molecule has 0 amide bonds. The Morgan fingerprint density at radius 3 is 2.67 bits per heavy atom. The normalized spacial score (nSPS) is 14.3. The SMILES string of the molecule is CC(O)(Cn1ccc2ccccc2c1=O)C(=O)O. The lowest BCUT2D eigenvalue weighted by Crippen LogP contribution is -2.42. The molecule has 0 radical (unpaired) electrons. The Labute approximate surface area is 103 Å².